The van der Waals surface area contributed by atoms with Gasteiger partial charge in [0.25, 0.3) is 0 Å². The minimum Gasteiger partial charge on any atom is -0.496 e. The number of benzene rings is 1. The minimum absolute atomic E-state index is 0.130. The molecule has 0 aliphatic heterocycles. The second-order valence-corrected chi connectivity index (χ2v) is 3.41. The lowest BCUT2D eigenvalue weighted by Gasteiger charge is -2.09. The van der Waals surface area contributed by atoms with Gasteiger partial charge in [0.15, 0.2) is 0 Å². The van der Waals surface area contributed by atoms with Crippen LogP contribution < -0.4 is 4.74 Å². The Morgan fingerprint density at radius 1 is 1.50 bits per heavy atom. The summed E-state index contributed by atoms with van der Waals surface area (Å²) < 4.78 is 5.39. The Morgan fingerprint density at radius 3 is 2.64 bits per heavy atom. The van der Waals surface area contributed by atoms with Crippen LogP contribution in [0, 0.1) is 0 Å². The van der Waals surface area contributed by atoms with Gasteiger partial charge in [0.1, 0.15) is 5.75 Å². The number of hydrogen-bond acceptors (Lipinski definition) is 4. The van der Waals surface area contributed by atoms with Crippen LogP contribution in [0.3, 0.4) is 0 Å². The van der Waals surface area contributed by atoms with Gasteiger partial charge in [0.05, 0.1) is 12.7 Å². The van der Waals surface area contributed by atoms with Crippen molar-refractivity contribution < 1.29 is 19.7 Å². The molecule has 0 spiro atoms. The average Bonchev–Trinajstić information content (AvgIpc) is 2.16. The Hall–Kier alpha value is -0.910. The molecule has 0 radical (unpaired) electrons. The van der Waals surface area contributed by atoms with E-state index >= 15 is 0 Å². The highest BCUT2D eigenvalue weighted by Crippen LogP contribution is 2.27. The third kappa shape index (κ3) is 2.12. The van der Waals surface area contributed by atoms with Crippen LogP contribution in [0.5, 0.6) is 5.75 Å². The molecule has 1 rings (SSSR count). The summed E-state index contributed by atoms with van der Waals surface area (Å²) in [7, 11) is 1.41. The number of Topliss-reactive ketones (excluding diaryl/α,β-unsaturated/α-hetero) is 1. The lowest BCUT2D eigenvalue weighted by atomic mass is 10.1. The third-order valence-electron chi connectivity index (χ3n) is 1.68. The van der Waals surface area contributed by atoms with Crippen LogP contribution in [-0.4, -0.2) is 29.4 Å². The smallest absolute Gasteiger partial charge is 0.223 e. The van der Waals surface area contributed by atoms with E-state index in [9.17, 15) is 4.79 Å². The fraction of sp³-hybridized carbons (Fsp3) is 0.222. The van der Waals surface area contributed by atoms with Crippen molar-refractivity contribution >= 4 is 21.7 Å². The first-order valence-electron chi connectivity index (χ1n) is 3.80. The standard InChI is InChI=1S/C9H9BrO4/c1-14-6-4-2-3-5(10)7(6)8(11)9(12)13/h2-4,9,12-13H,1H3. The van der Waals surface area contributed by atoms with E-state index in [0.29, 0.717) is 10.2 Å². The van der Waals surface area contributed by atoms with E-state index in [1.54, 1.807) is 18.2 Å². The van der Waals surface area contributed by atoms with Gasteiger partial charge in [-0.3, -0.25) is 4.79 Å². The molecule has 0 amide bonds. The Balaban J connectivity index is 3.23. The minimum atomic E-state index is -2.03. The lowest BCUT2D eigenvalue weighted by Crippen LogP contribution is -2.20. The fourth-order valence-corrected chi connectivity index (χ4v) is 1.59. The van der Waals surface area contributed by atoms with E-state index in [2.05, 4.69) is 15.9 Å². The third-order valence-corrected chi connectivity index (χ3v) is 2.34. The quantitative estimate of drug-likeness (QED) is 0.628. The second-order valence-electron chi connectivity index (χ2n) is 2.56. The maximum absolute atomic E-state index is 11.3. The van der Waals surface area contributed by atoms with Crippen molar-refractivity contribution in [2.45, 2.75) is 6.29 Å². The van der Waals surface area contributed by atoms with E-state index in [-0.39, 0.29) is 5.56 Å². The zero-order valence-electron chi connectivity index (χ0n) is 7.40. The highest BCUT2D eigenvalue weighted by molar-refractivity contribution is 9.10. The maximum Gasteiger partial charge on any atom is 0.223 e. The number of ketones is 1. The number of halogens is 1. The monoisotopic (exact) mass is 260 g/mol. The summed E-state index contributed by atoms with van der Waals surface area (Å²) in [5, 5.41) is 17.5. The molecule has 0 aromatic heterocycles. The number of carbonyl (C=O) groups excluding carboxylic acids is 1. The van der Waals surface area contributed by atoms with Gasteiger partial charge < -0.3 is 14.9 Å². The van der Waals surface area contributed by atoms with Gasteiger partial charge in [0, 0.05) is 4.47 Å². The molecule has 0 bridgehead atoms. The van der Waals surface area contributed by atoms with Crippen molar-refractivity contribution in [3.8, 4) is 5.75 Å². The SMILES string of the molecule is COc1cccc(Br)c1C(=O)C(O)O. The Kier molecular flexibility index (Phi) is 3.62. The first-order valence-corrected chi connectivity index (χ1v) is 4.60. The van der Waals surface area contributed by atoms with Crippen LogP contribution in [0.25, 0.3) is 0 Å². The van der Waals surface area contributed by atoms with Crippen molar-refractivity contribution in [3.63, 3.8) is 0 Å². The van der Waals surface area contributed by atoms with Crippen LogP contribution in [0.1, 0.15) is 10.4 Å². The number of hydrogen-bond donors (Lipinski definition) is 2. The summed E-state index contributed by atoms with van der Waals surface area (Å²) in [5.41, 5.74) is 0.130. The highest BCUT2D eigenvalue weighted by Gasteiger charge is 2.21. The van der Waals surface area contributed by atoms with Crippen molar-refractivity contribution in [3.05, 3.63) is 28.2 Å². The topological polar surface area (TPSA) is 66.8 Å². The van der Waals surface area contributed by atoms with E-state index in [0.717, 1.165) is 0 Å². The molecule has 0 aliphatic carbocycles. The average molecular weight is 261 g/mol. The predicted molar refractivity (Wildman–Crippen MR) is 53.3 cm³/mol. The molecule has 0 saturated heterocycles. The largest absolute Gasteiger partial charge is 0.496 e. The number of aliphatic hydroxyl groups is 2. The molecule has 4 nitrogen and oxygen atoms in total. The number of carbonyl (C=O) groups is 1. The number of aliphatic hydroxyl groups excluding tert-OH is 1. The highest BCUT2D eigenvalue weighted by atomic mass is 79.9. The molecule has 0 fully saturated rings. The van der Waals surface area contributed by atoms with E-state index in [4.69, 9.17) is 14.9 Å². The first-order chi connectivity index (χ1) is 6.57. The molecule has 0 heterocycles. The van der Waals surface area contributed by atoms with Crippen molar-refractivity contribution in [2.24, 2.45) is 0 Å². The van der Waals surface area contributed by atoms with Crippen molar-refractivity contribution in [1.29, 1.82) is 0 Å². The molecule has 0 aliphatic rings. The van der Waals surface area contributed by atoms with Crippen LogP contribution in [0.15, 0.2) is 22.7 Å². The molecular weight excluding hydrogens is 252 g/mol. The Labute approximate surface area is 89.3 Å². The van der Waals surface area contributed by atoms with Gasteiger partial charge in [-0.1, -0.05) is 6.07 Å². The summed E-state index contributed by atoms with van der Waals surface area (Å²) >= 11 is 3.13. The predicted octanol–water partition coefficient (Wildman–Crippen LogP) is 0.951. The van der Waals surface area contributed by atoms with Gasteiger partial charge in [-0.2, -0.15) is 0 Å². The van der Waals surface area contributed by atoms with E-state index in [1.807, 2.05) is 0 Å². The summed E-state index contributed by atoms with van der Waals surface area (Å²) in [6.07, 6.45) is -2.03. The first kappa shape index (κ1) is 11.2. The molecular formula is C9H9BrO4. The molecule has 0 unspecified atom stereocenters. The zero-order valence-corrected chi connectivity index (χ0v) is 8.98. The number of ether oxygens (including phenoxy) is 1. The number of rotatable bonds is 3. The van der Waals surface area contributed by atoms with Gasteiger partial charge in [-0.05, 0) is 28.1 Å². The van der Waals surface area contributed by atoms with Crippen LogP contribution in [0.2, 0.25) is 0 Å². The Morgan fingerprint density at radius 2 is 2.14 bits per heavy atom. The number of methoxy groups -OCH3 is 1. The summed E-state index contributed by atoms with van der Waals surface area (Å²) in [6.45, 7) is 0. The fourth-order valence-electron chi connectivity index (χ4n) is 1.04. The maximum atomic E-state index is 11.3. The summed E-state index contributed by atoms with van der Waals surface area (Å²) in [6, 6.07) is 4.88. The van der Waals surface area contributed by atoms with Gasteiger partial charge in [-0.15, -0.1) is 0 Å². The lowest BCUT2D eigenvalue weighted by molar-refractivity contribution is -0.0197. The summed E-state index contributed by atoms with van der Waals surface area (Å²) in [5.74, 6) is -0.494. The zero-order chi connectivity index (χ0) is 10.7. The van der Waals surface area contributed by atoms with E-state index < -0.39 is 12.1 Å². The molecule has 2 N–H and O–H groups in total. The van der Waals surface area contributed by atoms with Gasteiger partial charge in [-0.25, -0.2) is 0 Å². The van der Waals surface area contributed by atoms with Gasteiger partial charge >= 0.3 is 0 Å². The normalized spacial score (nSPS) is 10.4. The molecule has 0 atom stereocenters. The van der Waals surface area contributed by atoms with E-state index in [1.165, 1.54) is 7.11 Å². The molecule has 5 heteroatoms. The van der Waals surface area contributed by atoms with Gasteiger partial charge in [0.2, 0.25) is 12.1 Å². The van der Waals surface area contributed by atoms with Crippen LogP contribution in [0.4, 0.5) is 0 Å². The van der Waals surface area contributed by atoms with Crippen molar-refractivity contribution in [2.75, 3.05) is 7.11 Å². The molecule has 0 saturated carbocycles. The molecule has 1 aromatic rings. The molecule has 76 valence electrons. The summed E-state index contributed by atoms with van der Waals surface area (Å²) in [4.78, 5) is 11.3. The molecule has 14 heavy (non-hydrogen) atoms. The van der Waals surface area contributed by atoms with Crippen LogP contribution in [-0.2, 0) is 0 Å². The second kappa shape index (κ2) is 4.54. The molecule has 1 aromatic carbocycles. The Bertz CT molecular complexity index is 349. The van der Waals surface area contributed by atoms with Crippen molar-refractivity contribution in [1.82, 2.24) is 0 Å². The van der Waals surface area contributed by atoms with Crippen LogP contribution >= 0.6 is 15.9 Å².